The van der Waals surface area contributed by atoms with Crippen LogP contribution in [-0.2, 0) is 56.8 Å². The zero-order valence-corrected chi connectivity index (χ0v) is 19.3. The standard InChI is InChI=1S/C21H36O12/c1-14-15-7-27-19(30-14)11-24-5-6-26-13-21-29-9-16-17(33-21)8-28-20(32-16)12-25-4-3-23-10-18(22-2)31-15/h14-21H,3-13H2,1-2H3/t14?,15-,16?,17-,18+,19+,20-,21+/m1/s1. The predicted octanol–water partition coefficient (Wildman–Crippen LogP) is -0.331. The summed E-state index contributed by atoms with van der Waals surface area (Å²) in [5.41, 5.74) is 0. The molecule has 0 saturated carbocycles. The van der Waals surface area contributed by atoms with Gasteiger partial charge in [0.1, 0.15) is 18.3 Å². The van der Waals surface area contributed by atoms with Crippen molar-refractivity contribution in [1.82, 2.24) is 0 Å². The molecule has 0 N–H and O–H groups in total. The largest absolute Gasteiger partial charge is 0.374 e. The highest BCUT2D eigenvalue weighted by Gasteiger charge is 2.39. The molecule has 9 saturated heterocycles. The van der Waals surface area contributed by atoms with E-state index in [4.69, 9.17) is 56.8 Å². The Kier molecular flexibility index (Phi) is 10.5. The fourth-order valence-electron chi connectivity index (χ4n) is 3.77. The maximum atomic E-state index is 5.94. The molecule has 192 valence electrons. The van der Waals surface area contributed by atoms with Gasteiger partial charge in [0.25, 0.3) is 0 Å². The molecular weight excluding hydrogens is 444 g/mol. The van der Waals surface area contributed by atoms with Crippen molar-refractivity contribution < 1.29 is 56.8 Å². The minimum absolute atomic E-state index is 0.185. The predicted molar refractivity (Wildman–Crippen MR) is 108 cm³/mol. The van der Waals surface area contributed by atoms with Crippen LogP contribution in [0.15, 0.2) is 0 Å². The monoisotopic (exact) mass is 480 g/mol. The van der Waals surface area contributed by atoms with Crippen LogP contribution < -0.4 is 0 Å². The molecule has 0 radical (unpaired) electrons. The van der Waals surface area contributed by atoms with Gasteiger partial charge in [-0.1, -0.05) is 0 Å². The normalized spacial score (nSPS) is 42.7. The van der Waals surface area contributed by atoms with Gasteiger partial charge in [-0.15, -0.1) is 0 Å². The van der Waals surface area contributed by atoms with Crippen molar-refractivity contribution in [3.63, 3.8) is 0 Å². The van der Waals surface area contributed by atoms with Crippen molar-refractivity contribution in [2.75, 3.05) is 79.8 Å². The van der Waals surface area contributed by atoms with Gasteiger partial charge in [-0.3, -0.25) is 0 Å². The first kappa shape index (κ1) is 25.6. The van der Waals surface area contributed by atoms with Gasteiger partial charge < -0.3 is 56.8 Å². The van der Waals surface area contributed by atoms with Gasteiger partial charge in [0.2, 0.25) is 0 Å². The molecule has 0 aliphatic carbocycles. The van der Waals surface area contributed by atoms with Crippen molar-refractivity contribution in [2.24, 2.45) is 0 Å². The van der Waals surface area contributed by atoms with Gasteiger partial charge in [-0.25, -0.2) is 0 Å². The molecule has 0 aromatic heterocycles. The molecule has 6 bridgehead atoms. The average molecular weight is 481 g/mol. The van der Waals surface area contributed by atoms with Gasteiger partial charge in [0.05, 0.1) is 78.8 Å². The molecule has 12 nitrogen and oxygen atoms in total. The third kappa shape index (κ3) is 8.02. The van der Waals surface area contributed by atoms with Gasteiger partial charge in [0.15, 0.2) is 25.2 Å². The lowest BCUT2D eigenvalue weighted by atomic mass is 10.2. The lowest BCUT2D eigenvalue weighted by molar-refractivity contribution is -0.346. The van der Waals surface area contributed by atoms with E-state index in [1.807, 2.05) is 6.92 Å². The Balaban J connectivity index is 1.26. The van der Waals surface area contributed by atoms with Crippen LogP contribution in [0, 0.1) is 0 Å². The third-order valence-electron chi connectivity index (χ3n) is 5.65. The molecule has 9 fully saturated rings. The molecule has 9 heterocycles. The van der Waals surface area contributed by atoms with E-state index in [0.29, 0.717) is 66.1 Å². The molecule has 2 unspecified atom stereocenters. The van der Waals surface area contributed by atoms with Crippen LogP contribution in [0.3, 0.4) is 0 Å². The van der Waals surface area contributed by atoms with Crippen molar-refractivity contribution in [3.05, 3.63) is 0 Å². The Morgan fingerprint density at radius 2 is 0.970 bits per heavy atom. The van der Waals surface area contributed by atoms with Crippen LogP contribution in [0.4, 0.5) is 0 Å². The number of methoxy groups -OCH3 is 1. The molecule has 0 aromatic carbocycles. The van der Waals surface area contributed by atoms with Gasteiger partial charge >= 0.3 is 0 Å². The number of rotatable bonds is 1. The van der Waals surface area contributed by atoms with Crippen molar-refractivity contribution in [2.45, 2.75) is 56.5 Å². The van der Waals surface area contributed by atoms with Gasteiger partial charge in [0, 0.05) is 7.11 Å². The van der Waals surface area contributed by atoms with Crippen LogP contribution >= 0.6 is 0 Å². The molecule has 8 atom stereocenters. The zero-order chi connectivity index (χ0) is 22.9. The van der Waals surface area contributed by atoms with Crippen molar-refractivity contribution in [1.29, 1.82) is 0 Å². The second-order valence-electron chi connectivity index (χ2n) is 8.12. The summed E-state index contributed by atoms with van der Waals surface area (Å²) in [6, 6.07) is 0. The van der Waals surface area contributed by atoms with Gasteiger partial charge in [-0.2, -0.15) is 0 Å². The quantitative estimate of drug-likeness (QED) is 0.490. The minimum Gasteiger partial charge on any atom is -0.374 e. The number of ether oxygens (including phenoxy) is 12. The Labute approximate surface area is 193 Å². The Morgan fingerprint density at radius 3 is 1.45 bits per heavy atom. The molecule has 9 aliphatic heterocycles. The van der Waals surface area contributed by atoms with Crippen LogP contribution in [0.2, 0.25) is 0 Å². The highest BCUT2D eigenvalue weighted by molar-refractivity contribution is 4.79. The number of hydrogen-bond acceptors (Lipinski definition) is 12. The summed E-state index contributed by atoms with van der Waals surface area (Å²) in [6.07, 6.45) is -2.81. The maximum Gasteiger partial charge on any atom is 0.181 e. The molecule has 0 spiro atoms. The van der Waals surface area contributed by atoms with Crippen molar-refractivity contribution in [3.8, 4) is 0 Å². The summed E-state index contributed by atoms with van der Waals surface area (Å²) in [6.45, 7) is 5.81. The summed E-state index contributed by atoms with van der Waals surface area (Å²) in [4.78, 5) is 0. The molecular formula is C21H36O12. The van der Waals surface area contributed by atoms with E-state index in [9.17, 15) is 0 Å². The molecule has 0 aromatic rings. The lowest BCUT2D eigenvalue weighted by Gasteiger charge is -2.41. The number of hydrogen-bond donors (Lipinski definition) is 0. The molecule has 12 heteroatoms. The fourth-order valence-corrected chi connectivity index (χ4v) is 3.77. The van der Waals surface area contributed by atoms with E-state index in [1.54, 1.807) is 7.11 Å². The minimum atomic E-state index is -0.544. The lowest BCUT2D eigenvalue weighted by Crippen LogP contribution is -2.54. The third-order valence-corrected chi connectivity index (χ3v) is 5.65. The summed E-state index contributed by atoms with van der Waals surface area (Å²) in [5.74, 6) is 0. The SMILES string of the molecule is CO[C@@H]1COCCOC[C@@H]2OC[C@H]3O[C@@H](COCCOC[C@H]4OC[C@@H](O1)C(C)O4)OCC3O2. The zero-order valence-electron chi connectivity index (χ0n) is 19.3. The van der Waals surface area contributed by atoms with E-state index in [1.165, 1.54) is 0 Å². The Morgan fingerprint density at radius 1 is 0.515 bits per heavy atom. The van der Waals surface area contributed by atoms with Crippen LogP contribution in [0.1, 0.15) is 6.92 Å². The molecule has 9 aliphatic rings. The fraction of sp³-hybridized carbons (Fsp3) is 1.00. The van der Waals surface area contributed by atoms with E-state index in [-0.39, 0.29) is 31.0 Å². The Bertz CT molecular complexity index is 553. The summed E-state index contributed by atoms with van der Waals surface area (Å²) in [7, 11) is 1.57. The van der Waals surface area contributed by atoms with Crippen LogP contribution in [-0.4, -0.2) is 129 Å². The van der Waals surface area contributed by atoms with Crippen LogP contribution in [0.5, 0.6) is 0 Å². The second-order valence-corrected chi connectivity index (χ2v) is 8.12. The molecule has 0 amide bonds. The van der Waals surface area contributed by atoms with Crippen molar-refractivity contribution >= 4 is 0 Å². The maximum absolute atomic E-state index is 5.94. The highest BCUT2D eigenvalue weighted by atomic mass is 16.8. The van der Waals surface area contributed by atoms with E-state index < -0.39 is 25.2 Å². The van der Waals surface area contributed by atoms with E-state index in [2.05, 4.69) is 0 Å². The first-order valence-electron chi connectivity index (χ1n) is 11.5. The highest BCUT2D eigenvalue weighted by Crippen LogP contribution is 2.23. The smallest absolute Gasteiger partial charge is 0.181 e. The molecule has 9 rings (SSSR count). The first-order valence-corrected chi connectivity index (χ1v) is 11.5. The van der Waals surface area contributed by atoms with Crippen LogP contribution in [0.25, 0.3) is 0 Å². The summed E-state index contributed by atoms with van der Waals surface area (Å²) in [5, 5.41) is 0. The van der Waals surface area contributed by atoms with E-state index in [0.717, 1.165) is 0 Å². The van der Waals surface area contributed by atoms with Gasteiger partial charge in [-0.05, 0) is 6.92 Å². The molecule has 33 heavy (non-hydrogen) atoms. The topological polar surface area (TPSA) is 111 Å². The van der Waals surface area contributed by atoms with E-state index >= 15 is 0 Å². The second kappa shape index (κ2) is 13.6. The summed E-state index contributed by atoms with van der Waals surface area (Å²) < 4.78 is 68.6. The summed E-state index contributed by atoms with van der Waals surface area (Å²) >= 11 is 0. The first-order chi connectivity index (χ1) is 16.2. The average Bonchev–Trinajstić information content (AvgIpc) is 2.83. The Hall–Kier alpha value is -0.480.